The topological polar surface area (TPSA) is 81.7 Å². The zero-order valence-electron chi connectivity index (χ0n) is 12.9. The van der Waals surface area contributed by atoms with Crippen LogP contribution < -0.4 is 61.8 Å². The van der Waals surface area contributed by atoms with E-state index < -0.39 is 23.7 Å². The van der Waals surface area contributed by atoms with E-state index in [-0.39, 0.29) is 57.9 Å². The molecule has 0 bridgehead atoms. The number of carbonyl (C=O) groups is 2. The number of piperidine rings is 1. The van der Waals surface area contributed by atoms with E-state index in [1.54, 1.807) is 20.8 Å². The number of carboxylic acid groups (broad SMARTS) is 1. The molecule has 110 valence electrons. The Hall–Kier alpha value is 0.336. The van der Waals surface area contributed by atoms with Crippen LogP contribution in [0, 0.1) is 0 Å². The van der Waals surface area contributed by atoms with Crippen LogP contribution in [0.25, 0.3) is 0 Å². The number of amides is 1. The monoisotopic (exact) mass is 310 g/mol. The molecule has 1 heterocycles. The predicted octanol–water partition coefficient (Wildman–Crippen LogP) is -2.88. The number of nitrogens with one attached hydrogen (secondary N) is 1. The average molecular weight is 310 g/mol. The Morgan fingerprint density at radius 2 is 1.80 bits per heavy atom. The van der Waals surface area contributed by atoms with Crippen molar-refractivity contribution in [2.45, 2.75) is 51.7 Å². The Balaban J connectivity index is 0.00000361. The van der Waals surface area contributed by atoms with Gasteiger partial charge in [0.2, 0.25) is 0 Å². The minimum Gasteiger partial charge on any atom is -0.548 e. The molecule has 0 unspecified atom stereocenters. The standard InChI is InChI=1S/C13H24N2O4.K/c1-13(2,3)19-12(18)14-10(11(16)17)9-15-7-5-4-6-8-15;/h10H,4-9H2,1-3H3,(H,14,18)(H,16,17);/q;+1/p-1/t10-;/m1./s1. The second-order valence-electron chi connectivity index (χ2n) is 5.88. The maximum absolute atomic E-state index is 11.6. The van der Waals surface area contributed by atoms with E-state index >= 15 is 0 Å². The molecule has 1 saturated heterocycles. The summed E-state index contributed by atoms with van der Waals surface area (Å²) in [6.07, 6.45) is 2.57. The fourth-order valence-electron chi connectivity index (χ4n) is 2.03. The van der Waals surface area contributed by atoms with Crippen LogP contribution >= 0.6 is 0 Å². The van der Waals surface area contributed by atoms with Gasteiger partial charge in [-0.1, -0.05) is 6.42 Å². The van der Waals surface area contributed by atoms with Gasteiger partial charge < -0.3 is 24.9 Å². The first kappa shape index (κ1) is 20.3. The van der Waals surface area contributed by atoms with Crippen LogP contribution in [0.15, 0.2) is 0 Å². The Morgan fingerprint density at radius 3 is 2.25 bits per heavy atom. The maximum Gasteiger partial charge on any atom is 1.00 e. The molecule has 0 aromatic carbocycles. The van der Waals surface area contributed by atoms with E-state index in [1.165, 1.54) is 6.42 Å². The van der Waals surface area contributed by atoms with Crippen molar-refractivity contribution in [1.82, 2.24) is 10.2 Å². The van der Waals surface area contributed by atoms with Gasteiger partial charge in [0.25, 0.3) is 0 Å². The van der Waals surface area contributed by atoms with Crippen molar-refractivity contribution < 1.29 is 70.8 Å². The number of likely N-dealkylation sites (tertiary alicyclic amines) is 1. The number of aliphatic carboxylic acids is 1. The van der Waals surface area contributed by atoms with Crippen molar-refractivity contribution >= 4 is 12.1 Å². The molecule has 0 aliphatic carbocycles. The quantitative estimate of drug-likeness (QED) is 0.564. The van der Waals surface area contributed by atoms with E-state index in [9.17, 15) is 14.7 Å². The number of rotatable bonds is 4. The summed E-state index contributed by atoms with van der Waals surface area (Å²) in [6, 6.07) is -1.03. The minimum atomic E-state index is -1.28. The number of carboxylic acids is 1. The van der Waals surface area contributed by atoms with Crippen molar-refractivity contribution in [2.75, 3.05) is 19.6 Å². The van der Waals surface area contributed by atoms with Gasteiger partial charge in [-0.3, -0.25) is 0 Å². The Labute approximate surface area is 163 Å². The van der Waals surface area contributed by atoms with Gasteiger partial charge in [-0.2, -0.15) is 0 Å². The second kappa shape index (κ2) is 9.37. The molecule has 0 aromatic heterocycles. The van der Waals surface area contributed by atoms with Gasteiger partial charge in [0, 0.05) is 6.54 Å². The molecule has 1 N–H and O–H groups in total. The zero-order chi connectivity index (χ0) is 14.5. The van der Waals surface area contributed by atoms with E-state index in [0.29, 0.717) is 0 Å². The number of alkyl carbamates (subject to hydrolysis) is 1. The van der Waals surface area contributed by atoms with Crippen LogP contribution in [0.3, 0.4) is 0 Å². The largest absolute Gasteiger partial charge is 1.00 e. The van der Waals surface area contributed by atoms with Gasteiger partial charge >= 0.3 is 57.5 Å². The predicted molar refractivity (Wildman–Crippen MR) is 68.5 cm³/mol. The smallest absolute Gasteiger partial charge is 0.548 e. The Kier molecular flexibility index (Phi) is 9.53. The average Bonchev–Trinajstić information content (AvgIpc) is 2.26. The van der Waals surface area contributed by atoms with Crippen LogP contribution in [0.2, 0.25) is 0 Å². The SMILES string of the molecule is CC(C)(C)OC(=O)N[C@H](CN1CCCCC1)C(=O)[O-].[K+]. The molecule has 6 nitrogen and oxygen atoms in total. The molecule has 0 radical (unpaired) electrons. The summed E-state index contributed by atoms with van der Waals surface area (Å²) in [4.78, 5) is 24.7. The molecule has 1 aliphatic heterocycles. The third-order valence-corrected chi connectivity index (χ3v) is 2.86. The third-order valence-electron chi connectivity index (χ3n) is 2.86. The number of hydrogen-bond acceptors (Lipinski definition) is 5. The van der Waals surface area contributed by atoms with Crippen molar-refractivity contribution in [2.24, 2.45) is 0 Å². The van der Waals surface area contributed by atoms with Crippen LogP contribution in [0.5, 0.6) is 0 Å². The van der Waals surface area contributed by atoms with E-state index in [0.717, 1.165) is 25.9 Å². The summed E-state index contributed by atoms with van der Waals surface area (Å²) in [5.41, 5.74) is -0.647. The fourth-order valence-corrected chi connectivity index (χ4v) is 2.03. The molecule has 7 heteroatoms. The molecule has 0 aromatic rings. The van der Waals surface area contributed by atoms with Gasteiger partial charge in [0.05, 0.1) is 12.0 Å². The Bertz CT molecular complexity index is 325. The molecule has 0 spiro atoms. The number of nitrogens with zero attached hydrogens (tertiary/aromatic N) is 1. The summed E-state index contributed by atoms with van der Waals surface area (Å²) in [6.45, 7) is 7.17. The number of carbonyl (C=O) groups excluding carboxylic acids is 2. The van der Waals surface area contributed by atoms with Crippen LogP contribution in [0.1, 0.15) is 40.0 Å². The van der Waals surface area contributed by atoms with Gasteiger partial charge in [-0.15, -0.1) is 0 Å². The van der Waals surface area contributed by atoms with E-state index in [1.807, 2.05) is 4.90 Å². The minimum absolute atomic E-state index is 0. The summed E-state index contributed by atoms with van der Waals surface area (Å²) >= 11 is 0. The summed E-state index contributed by atoms with van der Waals surface area (Å²) in [5.74, 6) is -1.28. The van der Waals surface area contributed by atoms with Crippen molar-refractivity contribution in [3.63, 3.8) is 0 Å². The summed E-state index contributed by atoms with van der Waals surface area (Å²) in [5, 5.41) is 13.4. The second-order valence-corrected chi connectivity index (χ2v) is 5.88. The maximum atomic E-state index is 11.6. The molecule has 0 saturated carbocycles. The molecule has 1 atom stereocenters. The number of ether oxygens (including phenoxy) is 1. The van der Waals surface area contributed by atoms with Gasteiger partial charge in [0.15, 0.2) is 0 Å². The summed E-state index contributed by atoms with van der Waals surface area (Å²) < 4.78 is 5.05. The molecule has 1 aliphatic rings. The van der Waals surface area contributed by atoms with Gasteiger partial charge in [-0.25, -0.2) is 4.79 Å². The zero-order valence-corrected chi connectivity index (χ0v) is 16.0. The molecule has 20 heavy (non-hydrogen) atoms. The fraction of sp³-hybridized carbons (Fsp3) is 0.846. The van der Waals surface area contributed by atoms with E-state index in [4.69, 9.17) is 4.74 Å². The normalized spacial score (nSPS) is 17.8. The molecular formula is C13H23KN2O4. The van der Waals surface area contributed by atoms with Gasteiger partial charge in [-0.05, 0) is 46.7 Å². The summed E-state index contributed by atoms with van der Waals surface area (Å²) in [7, 11) is 0. The van der Waals surface area contributed by atoms with Crippen LogP contribution in [-0.2, 0) is 9.53 Å². The van der Waals surface area contributed by atoms with Crippen LogP contribution in [-0.4, -0.2) is 48.2 Å². The molecular weight excluding hydrogens is 287 g/mol. The molecule has 1 rings (SSSR count). The first-order valence-electron chi connectivity index (χ1n) is 6.70. The first-order chi connectivity index (χ1) is 8.78. The van der Waals surface area contributed by atoms with Crippen molar-refractivity contribution in [3.05, 3.63) is 0 Å². The van der Waals surface area contributed by atoms with E-state index in [2.05, 4.69) is 5.32 Å². The number of hydrogen-bond donors (Lipinski definition) is 1. The molecule has 1 fully saturated rings. The first-order valence-corrected chi connectivity index (χ1v) is 6.70. The van der Waals surface area contributed by atoms with Crippen molar-refractivity contribution in [3.8, 4) is 0 Å². The van der Waals surface area contributed by atoms with Crippen LogP contribution in [0.4, 0.5) is 4.79 Å². The van der Waals surface area contributed by atoms with Crippen molar-refractivity contribution in [1.29, 1.82) is 0 Å². The van der Waals surface area contributed by atoms with Gasteiger partial charge in [0.1, 0.15) is 5.60 Å². The Morgan fingerprint density at radius 1 is 1.25 bits per heavy atom. The molecule has 1 amide bonds. The third kappa shape index (κ3) is 8.59.